The lowest BCUT2D eigenvalue weighted by molar-refractivity contribution is 0.0898. The fourth-order valence-electron chi connectivity index (χ4n) is 3.11. The Hall–Kier alpha value is -0.440. The van der Waals surface area contributed by atoms with Gasteiger partial charge in [0.2, 0.25) is 0 Å². The molecule has 0 radical (unpaired) electrons. The first kappa shape index (κ1) is 13.6. The summed E-state index contributed by atoms with van der Waals surface area (Å²) >= 11 is 0. The maximum absolute atomic E-state index is 5.92. The van der Waals surface area contributed by atoms with Gasteiger partial charge in [-0.1, -0.05) is 46.5 Å². The molecule has 0 amide bonds. The summed E-state index contributed by atoms with van der Waals surface area (Å²) in [6, 6.07) is 0. The summed E-state index contributed by atoms with van der Waals surface area (Å²) in [7, 11) is 0. The molecule has 0 aromatic carbocycles. The van der Waals surface area contributed by atoms with Crippen LogP contribution >= 0.6 is 0 Å². The van der Waals surface area contributed by atoms with Crippen molar-refractivity contribution in [2.45, 2.75) is 66.2 Å². The minimum atomic E-state index is 0.210. The number of terminal acetylenes is 1. The predicted octanol–water partition coefficient (Wildman–Crippen LogP) is 4.89. The van der Waals surface area contributed by atoms with E-state index in [1.807, 2.05) is 0 Å². The first-order valence-electron chi connectivity index (χ1n) is 7.01. The molecule has 2 unspecified atom stereocenters. The van der Waals surface area contributed by atoms with Crippen LogP contribution in [0.15, 0.2) is 0 Å². The van der Waals surface area contributed by atoms with E-state index in [1.165, 1.54) is 38.5 Å². The Morgan fingerprint density at radius 1 is 1.25 bits per heavy atom. The molecule has 0 saturated heterocycles. The predicted molar refractivity (Wildman–Crippen MR) is 72.1 cm³/mol. The Kier molecular flexibility index (Phi) is 4.90. The highest BCUT2D eigenvalue weighted by atomic mass is 14.4. The average molecular weight is 220 g/mol. The van der Waals surface area contributed by atoms with Crippen molar-refractivity contribution in [1.29, 1.82) is 0 Å². The van der Waals surface area contributed by atoms with Crippen LogP contribution in [-0.4, -0.2) is 0 Å². The van der Waals surface area contributed by atoms with E-state index in [9.17, 15) is 0 Å². The Balaban J connectivity index is 2.75. The van der Waals surface area contributed by atoms with Gasteiger partial charge in [0.25, 0.3) is 0 Å². The van der Waals surface area contributed by atoms with Crippen molar-refractivity contribution in [1.82, 2.24) is 0 Å². The standard InChI is InChI=1S/C16H28/c1-6-14(5)12-16(7-2,11-13(3)4)15-9-8-10-15/h2,13-15H,6,8-12H2,1,3-5H3. The first-order chi connectivity index (χ1) is 7.54. The third kappa shape index (κ3) is 3.03. The van der Waals surface area contributed by atoms with Crippen molar-refractivity contribution < 1.29 is 0 Å². The maximum Gasteiger partial charge on any atom is 0.0345 e. The molecule has 0 bridgehead atoms. The van der Waals surface area contributed by atoms with Gasteiger partial charge in [-0.15, -0.1) is 6.42 Å². The Labute approximate surface area is 102 Å². The van der Waals surface area contributed by atoms with Crippen molar-refractivity contribution in [2.24, 2.45) is 23.2 Å². The molecule has 1 rings (SSSR count). The van der Waals surface area contributed by atoms with Gasteiger partial charge >= 0.3 is 0 Å². The van der Waals surface area contributed by atoms with Crippen LogP contribution in [0.3, 0.4) is 0 Å². The van der Waals surface area contributed by atoms with Crippen molar-refractivity contribution in [3.05, 3.63) is 0 Å². The van der Waals surface area contributed by atoms with Crippen LogP contribution in [0.2, 0.25) is 0 Å². The zero-order valence-electron chi connectivity index (χ0n) is 11.6. The van der Waals surface area contributed by atoms with Gasteiger partial charge in [-0.3, -0.25) is 0 Å². The molecule has 0 heteroatoms. The Morgan fingerprint density at radius 2 is 1.88 bits per heavy atom. The molecular formula is C16H28. The quantitative estimate of drug-likeness (QED) is 0.559. The third-order valence-corrected chi connectivity index (χ3v) is 4.36. The summed E-state index contributed by atoms with van der Waals surface area (Å²) in [5, 5.41) is 0. The van der Waals surface area contributed by atoms with Crippen molar-refractivity contribution in [2.75, 3.05) is 0 Å². The van der Waals surface area contributed by atoms with E-state index in [0.29, 0.717) is 0 Å². The van der Waals surface area contributed by atoms with E-state index < -0.39 is 0 Å². The smallest absolute Gasteiger partial charge is 0.0345 e. The topological polar surface area (TPSA) is 0 Å². The number of hydrogen-bond acceptors (Lipinski definition) is 0. The van der Waals surface area contributed by atoms with Crippen LogP contribution in [0, 0.1) is 35.5 Å². The van der Waals surface area contributed by atoms with E-state index in [4.69, 9.17) is 6.42 Å². The second kappa shape index (κ2) is 5.76. The summed E-state index contributed by atoms with van der Waals surface area (Å²) in [6.07, 6.45) is 13.8. The molecule has 0 N–H and O–H groups in total. The lowest BCUT2D eigenvalue weighted by Gasteiger charge is -2.44. The summed E-state index contributed by atoms with van der Waals surface area (Å²) in [5.74, 6) is 5.52. The van der Waals surface area contributed by atoms with Gasteiger partial charge in [-0.25, -0.2) is 0 Å². The monoisotopic (exact) mass is 220 g/mol. The minimum Gasteiger partial charge on any atom is -0.120 e. The van der Waals surface area contributed by atoms with E-state index in [-0.39, 0.29) is 5.41 Å². The lowest BCUT2D eigenvalue weighted by atomic mass is 9.59. The summed E-state index contributed by atoms with van der Waals surface area (Å²) in [6.45, 7) is 9.25. The second-order valence-electron chi connectivity index (χ2n) is 6.24. The number of rotatable bonds is 6. The van der Waals surface area contributed by atoms with E-state index in [1.54, 1.807) is 0 Å². The van der Waals surface area contributed by atoms with Crippen LogP contribution in [-0.2, 0) is 0 Å². The average Bonchev–Trinajstić information content (AvgIpc) is 2.13. The molecule has 1 saturated carbocycles. The Morgan fingerprint density at radius 3 is 2.19 bits per heavy atom. The fraction of sp³-hybridized carbons (Fsp3) is 0.875. The lowest BCUT2D eigenvalue weighted by Crippen LogP contribution is -2.36. The van der Waals surface area contributed by atoms with E-state index in [0.717, 1.165) is 17.8 Å². The van der Waals surface area contributed by atoms with E-state index in [2.05, 4.69) is 33.6 Å². The van der Waals surface area contributed by atoms with Crippen LogP contribution in [0.5, 0.6) is 0 Å². The van der Waals surface area contributed by atoms with Crippen LogP contribution < -0.4 is 0 Å². The molecule has 0 spiro atoms. The first-order valence-corrected chi connectivity index (χ1v) is 7.01. The highest BCUT2D eigenvalue weighted by molar-refractivity contribution is 5.11. The largest absolute Gasteiger partial charge is 0.120 e. The van der Waals surface area contributed by atoms with Gasteiger partial charge in [0.1, 0.15) is 0 Å². The maximum atomic E-state index is 5.92. The Bertz CT molecular complexity index is 241. The van der Waals surface area contributed by atoms with E-state index >= 15 is 0 Å². The zero-order chi connectivity index (χ0) is 12.2. The molecule has 0 aromatic heterocycles. The summed E-state index contributed by atoms with van der Waals surface area (Å²) in [4.78, 5) is 0. The molecule has 0 heterocycles. The molecular weight excluding hydrogens is 192 g/mol. The van der Waals surface area contributed by atoms with Crippen molar-refractivity contribution in [3.8, 4) is 12.3 Å². The molecule has 1 fully saturated rings. The summed E-state index contributed by atoms with van der Waals surface area (Å²) < 4.78 is 0. The van der Waals surface area contributed by atoms with Crippen LogP contribution in [0.25, 0.3) is 0 Å². The van der Waals surface area contributed by atoms with Gasteiger partial charge in [0.15, 0.2) is 0 Å². The number of hydrogen-bond donors (Lipinski definition) is 0. The second-order valence-corrected chi connectivity index (χ2v) is 6.24. The molecule has 1 aliphatic rings. The van der Waals surface area contributed by atoms with Gasteiger partial charge in [0, 0.05) is 5.41 Å². The molecule has 0 aromatic rings. The van der Waals surface area contributed by atoms with Crippen molar-refractivity contribution in [3.63, 3.8) is 0 Å². The molecule has 92 valence electrons. The molecule has 16 heavy (non-hydrogen) atoms. The third-order valence-electron chi connectivity index (χ3n) is 4.36. The van der Waals surface area contributed by atoms with Gasteiger partial charge in [-0.05, 0) is 43.4 Å². The summed E-state index contributed by atoms with van der Waals surface area (Å²) in [5.41, 5.74) is 0.210. The van der Waals surface area contributed by atoms with Gasteiger partial charge < -0.3 is 0 Å². The van der Waals surface area contributed by atoms with Gasteiger partial charge in [-0.2, -0.15) is 0 Å². The molecule has 1 aliphatic carbocycles. The molecule has 0 aliphatic heterocycles. The van der Waals surface area contributed by atoms with Crippen molar-refractivity contribution >= 4 is 0 Å². The minimum absolute atomic E-state index is 0.210. The highest BCUT2D eigenvalue weighted by Gasteiger charge is 2.41. The van der Waals surface area contributed by atoms with Crippen LogP contribution in [0.4, 0.5) is 0 Å². The molecule has 0 nitrogen and oxygen atoms in total. The highest BCUT2D eigenvalue weighted by Crippen LogP contribution is 2.49. The normalized spacial score (nSPS) is 22.2. The SMILES string of the molecule is C#CC(CC(C)C)(CC(C)CC)C1CCC1. The van der Waals surface area contributed by atoms with Crippen LogP contribution in [0.1, 0.15) is 66.2 Å². The van der Waals surface area contributed by atoms with Gasteiger partial charge in [0.05, 0.1) is 0 Å². The fourth-order valence-corrected chi connectivity index (χ4v) is 3.11. The molecule has 2 atom stereocenters. The zero-order valence-corrected chi connectivity index (χ0v) is 11.6.